The van der Waals surface area contributed by atoms with Crippen LogP contribution in [0.1, 0.15) is 19.3 Å². The molecule has 0 aliphatic carbocycles. The molecule has 1 rings (SSSR count). The van der Waals surface area contributed by atoms with Crippen LogP contribution < -0.4 is 0 Å². The molecule has 1 fully saturated rings. The zero-order valence-corrected chi connectivity index (χ0v) is 7.12. The van der Waals surface area contributed by atoms with E-state index >= 15 is 0 Å². The Hall–Kier alpha value is -0.120. The maximum Gasteiger partial charge on any atom is 0.109 e. The van der Waals surface area contributed by atoms with Gasteiger partial charge >= 0.3 is 0 Å². The van der Waals surface area contributed by atoms with Gasteiger partial charge in [-0.2, -0.15) is 0 Å². The minimum atomic E-state index is -0.280. The van der Waals surface area contributed by atoms with Gasteiger partial charge in [0.15, 0.2) is 0 Å². The minimum absolute atomic E-state index is 0.280. The molecule has 1 saturated heterocycles. The quantitative estimate of drug-likeness (QED) is 0.646. The van der Waals surface area contributed by atoms with Crippen molar-refractivity contribution < 1.29 is 9.84 Å². The molecule has 0 bridgehead atoms. The monoisotopic (exact) mass is 159 g/mol. The first-order valence-electron chi connectivity index (χ1n) is 4.25. The predicted molar refractivity (Wildman–Crippen MR) is 43.3 cm³/mol. The van der Waals surface area contributed by atoms with Gasteiger partial charge in [0.05, 0.1) is 0 Å². The zero-order valence-electron chi connectivity index (χ0n) is 7.12. The number of hydrogen-bond acceptors (Lipinski definition) is 3. The van der Waals surface area contributed by atoms with Crippen molar-refractivity contribution in [2.75, 3.05) is 26.8 Å². The van der Waals surface area contributed by atoms with Gasteiger partial charge in [0, 0.05) is 33.2 Å². The number of rotatable bonds is 4. The summed E-state index contributed by atoms with van der Waals surface area (Å²) >= 11 is 0. The van der Waals surface area contributed by atoms with Crippen LogP contribution >= 0.6 is 0 Å². The number of aliphatic hydroxyl groups excluding tert-OH is 1. The Labute approximate surface area is 68.0 Å². The highest BCUT2D eigenvalue weighted by Gasteiger charge is 2.18. The van der Waals surface area contributed by atoms with Gasteiger partial charge in [-0.1, -0.05) is 0 Å². The van der Waals surface area contributed by atoms with Crippen LogP contribution in [0, 0.1) is 0 Å². The van der Waals surface area contributed by atoms with Crippen LogP contribution in [0.2, 0.25) is 0 Å². The second-order valence-electron chi connectivity index (χ2n) is 3.01. The summed E-state index contributed by atoms with van der Waals surface area (Å²) < 4.78 is 4.89. The molecule has 1 aliphatic heterocycles. The van der Waals surface area contributed by atoms with Gasteiger partial charge < -0.3 is 9.84 Å². The standard InChI is InChI=1S/C8H17NO2/c1-11-7-4-8(10)9-5-2-3-6-9/h8,10H,2-7H2,1H3. The largest absolute Gasteiger partial charge is 0.385 e. The second kappa shape index (κ2) is 4.70. The van der Waals surface area contributed by atoms with Gasteiger partial charge in [-0.3, -0.25) is 4.90 Å². The maximum absolute atomic E-state index is 9.53. The Bertz CT molecular complexity index is 102. The normalized spacial score (nSPS) is 22.4. The lowest BCUT2D eigenvalue weighted by atomic mass is 10.3. The van der Waals surface area contributed by atoms with Crippen molar-refractivity contribution in [1.82, 2.24) is 4.90 Å². The van der Waals surface area contributed by atoms with Crippen molar-refractivity contribution >= 4 is 0 Å². The van der Waals surface area contributed by atoms with E-state index in [4.69, 9.17) is 4.74 Å². The first kappa shape index (κ1) is 8.97. The Balaban J connectivity index is 2.12. The fourth-order valence-electron chi connectivity index (χ4n) is 1.45. The summed E-state index contributed by atoms with van der Waals surface area (Å²) in [4.78, 5) is 2.11. The molecule has 0 spiro atoms. The molecule has 0 radical (unpaired) electrons. The van der Waals surface area contributed by atoms with E-state index in [-0.39, 0.29) is 6.23 Å². The lowest BCUT2D eigenvalue weighted by molar-refractivity contribution is -0.00319. The summed E-state index contributed by atoms with van der Waals surface area (Å²) in [6.45, 7) is 2.74. The zero-order chi connectivity index (χ0) is 8.10. The van der Waals surface area contributed by atoms with Gasteiger partial charge in [-0.25, -0.2) is 0 Å². The number of hydrogen-bond donors (Lipinski definition) is 1. The SMILES string of the molecule is COCCC(O)N1CCCC1. The molecule has 1 heterocycles. The summed E-state index contributed by atoms with van der Waals surface area (Å²) in [5.74, 6) is 0. The van der Waals surface area contributed by atoms with Crippen LogP contribution in [0.3, 0.4) is 0 Å². The third kappa shape index (κ3) is 2.77. The lowest BCUT2D eigenvalue weighted by Crippen LogP contribution is -2.33. The average Bonchev–Trinajstić information content (AvgIpc) is 2.52. The van der Waals surface area contributed by atoms with Gasteiger partial charge in [-0.15, -0.1) is 0 Å². The van der Waals surface area contributed by atoms with E-state index in [2.05, 4.69) is 4.90 Å². The van der Waals surface area contributed by atoms with Gasteiger partial charge in [-0.05, 0) is 12.8 Å². The van der Waals surface area contributed by atoms with Crippen molar-refractivity contribution in [2.24, 2.45) is 0 Å². The topological polar surface area (TPSA) is 32.7 Å². The van der Waals surface area contributed by atoms with Crippen molar-refractivity contribution in [3.8, 4) is 0 Å². The van der Waals surface area contributed by atoms with Crippen LogP contribution in [-0.2, 0) is 4.74 Å². The van der Waals surface area contributed by atoms with Crippen molar-refractivity contribution in [2.45, 2.75) is 25.5 Å². The number of aliphatic hydroxyl groups is 1. The molecule has 0 amide bonds. The summed E-state index contributed by atoms with van der Waals surface area (Å²) in [6.07, 6.45) is 2.90. The molecule has 1 N–H and O–H groups in total. The lowest BCUT2D eigenvalue weighted by Gasteiger charge is -2.21. The second-order valence-corrected chi connectivity index (χ2v) is 3.01. The highest BCUT2D eigenvalue weighted by atomic mass is 16.5. The van der Waals surface area contributed by atoms with Crippen molar-refractivity contribution in [3.05, 3.63) is 0 Å². The number of methoxy groups -OCH3 is 1. The van der Waals surface area contributed by atoms with E-state index in [1.807, 2.05) is 0 Å². The van der Waals surface area contributed by atoms with Gasteiger partial charge in [0.25, 0.3) is 0 Å². The summed E-state index contributed by atoms with van der Waals surface area (Å²) in [5.41, 5.74) is 0. The van der Waals surface area contributed by atoms with Crippen molar-refractivity contribution in [3.63, 3.8) is 0 Å². The Kier molecular flexibility index (Phi) is 3.83. The smallest absolute Gasteiger partial charge is 0.109 e. The average molecular weight is 159 g/mol. The van der Waals surface area contributed by atoms with Gasteiger partial charge in [0.2, 0.25) is 0 Å². The van der Waals surface area contributed by atoms with Crippen LogP contribution in [0.25, 0.3) is 0 Å². The predicted octanol–water partition coefficient (Wildman–Crippen LogP) is 0.437. The molecule has 0 saturated carbocycles. The van der Waals surface area contributed by atoms with Crippen LogP contribution in [0.15, 0.2) is 0 Å². The highest BCUT2D eigenvalue weighted by Crippen LogP contribution is 2.11. The van der Waals surface area contributed by atoms with Crippen LogP contribution in [0.4, 0.5) is 0 Å². The molecule has 0 aromatic carbocycles. The van der Waals surface area contributed by atoms with Crippen LogP contribution in [-0.4, -0.2) is 43.0 Å². The summed E-state index contributed by atoms with van der Waals surface area (Å²) in [7, 11) is 1.66. The molecular formula is C8H17NO2. The molecule has 11 heavy (non-hydrogen) atoms. The Morgan fingerprint density at radius 2 is 2.09 bits per heavy atom. The molecule has 0 aromatic rings. The third-order valence-electron chi connectivity index (χ3n) is 2.14. The van der Waals surface area contributed by atoms with E-state index in [1.165, 1.54) is 12.8 Å². The third-order valence-corrected chi connectivity index (χ3v) is 2.14. The Morgan fingerprint density at radius 3 is 2.64 bits per heavy atom. The maximum atomic E-state index is 9.53. The molecule has 66 valence electrons. The fraction of sp³-hybridized carbons (Fsp3) is 1.00. The molecule has 3 heteroatoms. The van der Waals surface area contributed by atoms with E-state index in [9.17, 15) is 5.11 Å². The number of nitrogens with zero attached hydrogens (tertiary/aromatic N) is 1. The van der Waals surface area contributed by atoms with E-state index < -0.39 is 0 Å². The Morgan fingerprint density at radius 1 is 1.45 bits per heavy atom. The van der Waals surface area contributed by atoms with Crippen LogP contribution in [0.5, 0.6) is 0 Å². The molecule has 1 unspecified atom stereocenters. The van der Waals surface area contributed by atoms with E-state index in [0.29, 0.717) is 6.61 Å². The summed E-state index contributed by atoms with van der Waals surface area (Å²) in [6, 6.07) is 0. The molecular weight excluding hydrogens is 142 g/mol. The van der Waals surface area contributed by atoms with E-state index in [1.54, 1.807) is 7.11 Å². The molecule has 0 aromatic heterocycles. The highest BCUT2D eigenvalue weighted by molar-refractivity contribution is 4.68. The van der Waals surface area contributed by atoms with Crippen molar-refractivity contribution in [1.29, 1.82) is 0 Å². The molecule has 3 nitrogen and oxygen atoms in total. The molecule has 1 aliphatic rings. The summed E-state index contributed by atoms with van der Waals surface area (Å²) in [5, 5.41) is 9.53. The first-order valence-corrected chi connectivity index (χ1v) is 4.25. The van der Waals surface area contributed by atoms with E-state index in [0.717, 1.165) is 19.5 Å². The fourth-order valence-corrected chi connectivity index (χ4v) is 1.45. The van der Waals surface area contributed by atoms with Gasteiger partial charge in [0.1, 0.15) is 6.23 Å². The number of ether oxygens (including phenoxy) is 1. The minimum Gasteiger partial charge on any atom is -0.385 e. The first-order chi connectivity index (χ1) is 5.34. The molecule has 1 atom stereocenters. The number of likely N-dealkylation sites (tertiary alicyclic amines) is 1.